The van der Waals surface area contributed by atoms with Gasteiger partial charge < -0.3 is 9.64 Å². The lowest BCUT2D eigenvalue weighted by molar-refractivity contribution is 0.298. The molecule has 1 spiro atoms. The van der Waals surface area contributed by atoms with Gasteiger partial charge in [-0.15, -0.1) is 0 Å². The molecule has 160 valence electrons. The molecular formula is C26H27NO3S. The van der Waals surface area contributed by atoms with E-state index in [1.165, 1.54) is 30.5 Å². The molecule has 2 heterocycles. The highest BCUT2D eigenvalue weighted by Gasteiger charge is 2.49. The summed E-state index contributed by atoms with van der Waals surface area (Å²) < 4.78 is 32.3. The zero-order chi connectivity index (χ0) is 21.5. The summed E-state index contributed by atoms with van der Waals surface area (Å²) in [5.41, 5.74) is 3.40. The van der Waals surface area contributed by atoms with Gasteiger partial charge in [-0.1, -0.05) is 62.2 Å². The van der Waals surface area contributed by atoms with Crippen molar-refractivity contribution in [2.24, 2.45) is 0 Å². The molecule has 0 N–H and O–H groups in total. The molecule has 1 atom stereocenters. The number of unbranched alkanes of at least 4 members (excludes halogenated alkanes) is 2. The Bertz CT molecular complexity index is 1210. The minimum atomic E-state index is -3.57. The second-order valence-corrected chi connectivity index (χ2v) is 10.4. The van der Waals surface area contributed by atoms with E-state index in [9.17, 15) is 8.42 Å². The van der Waals surface area contributed by atoms with E-state index in [0.717, 1.165) is 18.7 Å². The topological polar surface area (TPSA) is 46.6 Å². The molecule has 5 rings (SSSR count). The summed E-state index contributed by atoms with van der Waals surface area (Å²) in [5, 5.41) is 0. The number of fused-ring (bicyclic) bond motifs is 4. The van der Waals surface area contributed by atoms with Crippen LogP contribution < -0.4 is 9.64 Å². The SMILES string of the molecule is CCCCCN1CC2(COc3cc(S(=O)(=O)c4ccccc4)ccc32)c2ccccc21. The lowest BCUT2D eigenvalue weighted by Crippen LogP contribution is -2.36. The quantitative estimate of drug-likeness (QED) is 0.501. The highest BCUT2D eigenvalue weighted by Crippen LogP contribution is 2.51. The Hall–Kier alpha value is -2.79. The number of benzene rings is 3. The van der Waals surface area contributed by atoms with Gasteiger partial charge in [0.1, 0.15) is 12.4 Å². The van der Waals surface area contributed by atoms with Gasteiger partial charge in [0.2, 0.25) is 9.84 Å². The minimum Gasteiger partial charge on any atom is -0.492 e. The maximum atomic E-state index is 13.1. The molecule has 1 unspecified atom stereocenters. The average Bonchev–Trinajstić information content (AvgIpc) is 3.33. The molecule has 5 heteroatoms. The molecule has 0 aromatic heterocycles. The second kappa shape index (κ2) is 7.72. The van der Waals surface area contributed by atoms with Crippen molar-refractivity contribution in [1.29, 1.82) is 0 Å². The van der Waals surface area contributed by atoms with Crippen molar-refractivity contribution in [1.82, 2.24) is 0 Å². The van der Waals surface area contributed by atoms with Gasteiger partial charge in [-0.05, 0) is 42.3 Å². The Balaban J connectivity index is 1.53. The summed E-state index contributed by atoms with van der Waals surface area (Å²) in [6.45, 7) is 4.66. The fourth-order valence-electron chi connectivity index (χ4n) is 4.96. The fraction of sp³-hybridized carbons (Fsp3) is 0.308. The van der Waals surface area contributed by atoms with Gasteiger partial charge in [-0.3, -0.25) is 0 Å². The highest BCUT2D eigenvalue weighted by atomic mass is 32.2. The Labute approximate surface area is 184 Å². The maximum Gasteiger partial charge on any atom is 0.206 e. The summed E-state index contributed by atoms with van der Waals surface area (Å²) in [7, 11) is -3.57. The normalized spacial score (nSPS) is 19.3. The summed E-state index contributed by atoms with van der Waals surface area (Å²) >= 11 is 0. The van der Waals surface area contributed by atoms with E-state index in [4.69, 9.17) is 4.74 Å². The van der Waals surface area contributed by atoms with Crippen molar-refractivity contribution in [2.75, 3.05) is 24.6 Å². The molecule has 3 aromatic rings. The summed E-state index contributed by atoms with van der Waals surface area (Å²) in [5.74, 6) is 0.683. The Morgan fingerprint density at radius 3 is 2.48 bits per heavy atom. The molecule has 31 heavy (non-hydrogen) atoms. The van der Waals surface area contributed by atoms with E-state index in [1.54, 1.807) is 36.4 Å². The highest BCUT2D eigenvalue weighted by molar-refractivity contribution is 7.91. The van der Waals surface area contributed by atoms with Crippen molar-refractivity contribution in [3.05, 3.63) is 83.9 Å². The smallest absolute Gasteiger partial charge is 0.206 e. The van der Waals surface area contributed by atoms with Crippen molar-refractivity contribution >= 4 is 15.5 Å². The third-order valence-corrected chi connectivity index (χ3v) is 8.33. The van der Waals surface area contributed by atoms with Crippen molar-refractivity contribution < 1.29 is 13.2 Å². The van der Waals surface area contributed by atoms with Crippen LogP contribution in [-0.2, 0) is 15.3 Å². The molecule has 0 saturated carbocycles. The van der Waals surface area contributed by atoms with Crippen LogP contribution in [0.1, 0.15) is 37.3 Å². The number of sulfone groups is 1. The minimum absolute atomic E-state index is 0.243. The van der Waals surface area contributed by atoms with Gasteiger partial charge in [-0.2, -0.15) is 0 Å². The van der Waals surface area contributed by atoms with Crippen LogP contribution in [0, 0.1) is 0 Å². The van der Waals surface area contributed by atoms with Crippen LogP contribution in [0.25, 0.3) is 0 Å². The van der Waals surface area contributed by atoms with Crippen molar-refractivity contribution in [3.8, 4) is 5.75 Å². The van der Waals surface area contributed by atoms with E-state index in [1.807, 2.05) is 12.1 Å². The van der Waals surface area contributed by atoms with Crippen LogP contribution >= 0.6 is 0 Å². The van der Waals surface area contributed by atoms with Crippen LogP contribution in [0.5, 0.6) is 5.75 Å². The fourth-order valence-corrected chi connectivity index (χ4v) is 6.25. The third-order valence-electron chi connectivity index (χ3n) is 6.56. The average molecular weight is 434 g/mol. The number of hydrogen-bond acceptors (Lipinski definition) is 4. The van der Waals surface area contributed by atoms with E-state index in [0.29, 0.717) is 17.3 Å². The Morgan fingerprint density at radius 1 is 0.903 bits per heavy atom. The first-order chi connectivity index (χ1) is 15.1. The van der Waals surface area contributed by atoms with Gasteiger partial charge in [0.05, 0.1) is 15.2 Å². The van der Waals surface area contributed by atoms with Gasteiger partial charge in [0.15, 0.2) is 0 Å². The van der Waals surface area contributed by atoms with Gasteiger partial charge in [0.25, 0.3) is 0 Å². The number of para-hydroxylation sites is 1. The largest absolute Gasteiger partial charge is 0.492 e. The maximum absolute atomic E-state index is 13.1. The standard InChI is InChI=1S/C26H27NO3S/c1-2-3-9-16-27-18-26(22-12-7-8-13-24(22)27)19-30-25-17-21(14-15-23(25)26)31(28,29)20-10-5-4-6-11-20/h4-8,10-15,17H,2-3,9,16,18-19H2,1H3. The molecular weight excluding hydrogens is 406 g/mol. The summed E-state index contributed by atoms with van der Waals surface area (Å²) in [4.78, 5) is 3.05. The summed E-state index contributed by atoms with van der Waals surface area (Å²) in [6.07, 6.45) is 3.59. The molecule has 0 saturated heterocycles. The molecule has 0 bridgehead atoms. The van der Waals surface area contributed by atoms with Crippen molar-refractivity contribution in [3.63, 3.8) is 0 Å². The van der Waals surface area contributed by atoms with Crippen LogP contribution in [0.3, 0.4) is 0 Å². The van der Waals surface area contributed by atoms with Gasteiger partial charge >= 0.3 is 0 Å². The monoisotopic (exact) mass is 433 g/mol. The summed E-state index contributed by atoms with van der Waals surface area (Å²) in [6, 6.07) is 22.5. The predicted molar refractivity (Wildman–Crippen MR) is 123 cm³/mol. The molecule has 0 radical (unpaired) electrons. The van der Waals surface area contributed by atoms with Crippen LogP contribution in [0.2, 0.25) is 0 Å². The predicted octanol–water partition coefficient (Wildman–Crippen LogP) is 5.21. The van der Waals surface area contributed by atoms with Crippen LogP contribution in [-0.4, -0.2) is 28.1 Å². The van der Waals surface area contributed by atoms with Gasteiger partial charge in [0, 0.05) is 24.3 Å². The molecule has 4 nitrogen and oxygen atoms in total. The molecule has 0 amide bonds. The first kappa shape index (κ1) is 20.1. The van der Waals surface area contributed by atoms with E-state index in [2.05, 4.69) is 36.1 Å². The number of hydrogen-bond donors (Lipinski definition) is 0. The molecule has 0 fully saturated rings. The second-order valence-electron chi connectivity index (χ2n) is 8.49. The van der Waals surface area contributed by atoms with Crippen LogP contribution in [0.15, 0.2) is 82.6 Å². The number of ether oxygens (including phenoxy) is 1. The molecule has 2 aliphatic rings. The molecule has 2 aliphatic heterocycles. The van der Waals surface area contributed by atoms with E-state index >= 15 is 0 Å². The number of anilines is 1. The lowest BCUT2D eigenvalue weighted by Gasteiger charge is -2.25. The van der Waals surface area contributed by atoms with E-state index in [-0.39, 0.29) is 10.3 Å². The zero-order valence-corrected chi connectivity index (χ0v) is 18.6. The Kier molecular flexibility index (Phi) is 5.01. The molecule has 3 aromatic carbocycles. The Morgan fingerprint density at radius 2 is 1.68 bits per heavy atom. The first-order valence-electron chi connectivity index (χ1n) is 11.0. The number of rotatable bonds is 6. The van der Waals surface area contributed by atoms with Gasteiger partial charge in [-0.25, -0.2) is 8.42 Å². The third kappa shape index (κ3) is 3.23. The lowest BCUT2D eigenvalue weighted by atomic mass is 9.78. The zero-order valence-electron chi connectivity index (χ0n) is 17.8. The molecule has 0 aliphatic carbocycles. The first-order valence-corrected chi connectivity index (χ1v) is 12.5. The van der Waals surface area contributed by atoms with Crippen molar-refractivity contribution in [2.45, 2.75) is 41.4 Å². The number of nitrogens with zero attached hydrogens (tertiary/aromatic N) is 1. The van der Waals surface area contributed by atoms with Crippen LogP contribution in [0.4, 0.5) is 5.69 Å². The van der Waals surface area contributed by atoms with E-state index < -0.39 is 9.84 Å².